The average Bonchev–Trinajstić information content (AvgIpc) is 2.96. The molecule has 2 heterocycles. The highest BCUT2D eigenvalue weighted by Crippen LogP contribution is 2.41. The Morgan fingerprint density at radius 3 is 2.57 bits per heavy atom. The lowest BCUT2D eigenvalue weighted by Crippen LogP contribution is -2.44. The highest BCUT2D eigenvalue weighted by atomic mass is 19.1. The first kappa shape index (κ1) is 18.7. The smallest absolute Gasteiger partial charge is 0.253 e. The molecule has 0 unspecified atom stereocenters. The van der Waals surface area contributed by atoms with Crippen molar-refractivity contribution in [1.82, 2.24) is 9.80 Å². The van der Waals surface area contributed by atoms with Crippen LogP contribution in [0.15, 0.2) is 48.5 Å². The van der Waals surface area contributed by atoms with Crippen molar-refractivity contribution in [3.63, 3.8) is 0 Å². The molecule has 2 saturated heterocycles. The van der Waals surface area contributed by atoms with Crippen LogP contribution in [0.1, 0.15) is 40.7 Å². The normalized spacial score (nSPS) is 18.7. The van der Waals surface area contributed by atoms with E-state index in [4.69, 9.17) is 0 Å². The second-order valence-corrected chi connectivity index (χ2v) is 8.22. The van der Waals surface area contributed by atoms with Gasteiger partial charge in [0.1, 0.15) is 5.82 Å². The zero-order chi connectivity index (χ0) is 19.7. The highest BCUT2D eigenvalue weighted by Gasteiger charge is 2.45. The van der Waals surface area contributed by atoms with Crippen LogP contribution in [0.2, 0.25) is 0 Å². The summed E-state index contributed by atoms with van der Waals surface area (Å²) in [5, 5.41) is 0. The first-order valence-corrected chi connectivity index (χ1v) is 9.82. The molecule has 0 bridgehead atoms. The van der Waals surface area contributed by atoms with Gasteiger partial charge >= 0.3 is 0 Å². The Kier molecular flexibility index (Phi) is 4.92. The van der Waals surface area contributed by atoms with Gasteiger partial charge in [0.2, 0.25) is 5.91 Å². The van der Waals surface area contributed by atoms with Gasteiger partial charge in [0.25, 0.3) is 5.91 Å². The first-order chi connectivity index (χ1) is 13.4. The summed E-state index contributed by atoms with van der Waals surface area (Å²) in [7, 11) is 0. The highest BCUT2D eigenvalue weighted by molar-refractivity contribution is 5.94. The Morgan fingerprint density at radius 2 is 1.86 bits per heavy atom. The molecule has 4 nitrogen and oxygen atoms in total. The minimum absolute atomic E-state index is 0.0420. The largest absolute Gasteiger partial charge is 0.339 e. The number of likely N-dealkylation sites (tertiary alicyclic amines) is 2. The molecule has 2 amide bonds. The third-order valence-corrected chi connectivity index (χ3v) is 6.04. The van der Waals surface area contributed by atoms with E-state index < -0.39 is 5.82 Å². The Bertz CT molecular complexity index is 903. The van der Waals surface area contributed by atoms with Crippen molar-refractivity contribution < 1.29 is 14.0 Å². The molecule has 0 aromatic heterocycles. The van der Waals surface area contributed by atoms with Crippen LogP contribution >= 0.6 is 0 Å². The van der Waals surface area contributed by atoms with Crippen LogP contribution in [0.3, 0.4) is 0 Å². The summed E-state index contributed by atoms with van der Waals surface area (Å²) in [6.45, 7) is 4.68. The van der Waals surface area contributed by atoms with E-state index in [1.54, 1.807) is 17.0 Å². The second kappa shape index (κ2) is 7.38. The molecular formula is C23H25FN2O2. The molecule has 0 N–H and O–H groups in total. The minimum Gasteiger partial charge on any atom is -0.339 e. The van der Waals surface area contributed by atoms with Crippen LogP contribution in [0, 0.1) is 18.2 Å². The molecule has 2 aliphatic heterocycles. The third-order valence-electron chi connectivity index (χ3n) is 6.04. The number of carbonyl (C=O) groups excluding carboxylic acids is 2. The van der Waals surface area contributed by atoms with Gasteiger partial charge in [-0.2, -0.15) is 0 Å². The Balaban J connectivity index is 1.39. The molecule has 2 aromatic rings. The number of amides is 2. The number of hydrogen-bond donors (Lipinski definition) is 0. The van der Waals surface area contributed by atoms with Crippen LogP contribution in [-0.4, -0.2) is 41.2 Å². The van der Waals surface area contributed by atoms with Crippen molar-refractivity contribution in [3.05, 3.63) is 71.0 Å². The van der Waals surface area contributed by atoms with Crippen molar-refractivity contribution >= 4 is 11.8 Å². The van der Waals surface area contributed by atoms with Crippen molar-refractivity contribution in [2.45, 2.75) is 32.7 Å². The Morgan fingerprint density at radius 1 is 1.11 bits per heavy atom. The van der Waals surface area contributed by atoms with Gasteiger partial charge in [-0.25, -0.2) is 4.39 Å². The quantitative estimate of drug-likeness (QED) is 0.813. The van der Waals surface area contributed by atoms with Crippen LogP contribution in [0.25, 0.3) is 0 Å². The Hall–Kier alpha value is -2.69. The fourth-order valence-electron chi connectivity index (χ4n) is 4.48. The van der Waals surface area contributed by atoms with E-state index in [0.717, 1.165) is 24.9 Å². The van der Waals surface area contributed by atoms with E-state index in [2.05, 4.69) is 25.1 Å². The number of benzene rings is 2. The molecule has 4 rings (SSSR count). The maximum absolute atomic E-state index is 13.4. The van der Waals surface area contributed by atoms with E-state index in [1.807, 2.05) is 11.0 Å². The SMILES string of the molecule is Cc1cccc(CN2CC3(CCN(C(=O)c4cccc(F)c4)CC3)CC2=O)c1. The molecule has 2 aromatic carbocycles. The van der Waals surface area contributed by atoms with Crippen molar-refractivity contribution in [1.29, 1.82) is 0 Å². The molecule has 0 aliphatic carbocycles. The summed E-state index contributed by atoms with van der Waals surface area (Å²) in [4.78, 5) is 29.0. The summed E-state index contributed by atoms with van der Waals surface area (Å²) in [5.41, 5.74) is 2.70. The lowest BCUT2D eigenvalue weighted by molar-refractivity contribution is -0.128. The number of aryl methyl sites for hydroxylation is 1. The zero-order valence-electron chi connectivity index (χ0n) is 16.2. The molecule has 2 aliphatic rings. The van der Waals surface area contributed by atoms with Crippen LogP contribution in [0.5, 0.6) is 0 Å². The average molecular weight is 380 g/mol. The second-order valence-electron chi connectivity index (χ2n) is 8.22. The molecule has 2 fully saturated rings. The number of nitrogens with zero attached hydrogens (tertiary/aromatic N) is 2. The van der Waals surface area contributed by atoms with E-state index in [1.165, 1.54) is 17.7 Å². The van der Waals surface area contributed by atoms with Crippen LogP contribution in [0.4, 0.5) is 4.39 Å². The number of hydrogen-bond acceptors (Lipinski definition) is 2. The monoisotopic (exact) mass is 380 g/mol. The maximum atomic E-state index is 13.4. The molecule has 0 saturated carbocycles. The zero-order valence-corrected chi connectivity index (χ0v) is 16.2. The fourth-order valence-corrected chi connectivity index (χ4v) is 4.48. The van der Waals surface area contributed by atoms with Gasteiger partial charge in [0.05, 0.1) is 0 Å². The third kappa shape index (κ3) is 3.79. The fraction of sp³-hybridized carbons (Fsp3) is 0.391. The number of piperidine rings is 1. The van der Waals surface area contributed by atoms with Gasteiger partial charge in [0.15, 0.2) is 0 Å². The molecule has 5 heteroatoms. The molecular weight excluding hydrogens is 355 g/mol. The molecule has 146 valence electrons. The van der Waals surface area contributed by atoms with Gasteiger partial charge in [-0.1, -0.05) is 35.9 Å². The molecule has 0 radical (unpaired) electrons. The number of carbonyl (C=O) groups is 2. The topological polar surface area (TPSA) is 40.6 Å². The lowest BCUT2D eigenvalue weighted by atomic mass is 9.77. The molecule has 1 spiro atoms. The van der Waals surface area contributed by atoms with Gasteiger partial charge in [-0.15, -0.1) is 0 Å². The summed E-state index contributed by atoms with van der Waals surface area (Å²) >= 11 is 0. The summed E-state index contributed by atoms with van der Waals surface area (Å²) in [6.07, 6.45) is 2.18. The van der Waals surface area contributed by atoms with Gasteiger partial charge in [0, 0.05) is 43.6 Å². The van der Waals surface area contributed by atoms with Gasteiger partial charge < -0.3 is 9.80 Å². The van der Waals surface area contributed by atoms with E-state index >= 15 is 0 Å². The molecule has 28 heavy (non-hydrogen) atoms. The van der Waals surface area contributed by atoms with Crippen molar-refractivity contribution in [2.75, 3.05) is 19.6 Å². The number of rotatable bonds is 3. The van der Waals surface area contributed by atoms with Crippen molar-refractivity contribution in [2.24, 2.45) is 5.41 Å². The first-order valence-electron chi connectivity index (χ1n) is 9.82. The lowest BCUT2D eigenvalue weighted by Gasteiger charge is -2.38. The standard InChI is InChI=1S/C23H25FN2O2/c1-17-4-2-5-18(12-17)15-26-16-23(14-21(26)27)8-10-25(11-9-23)22(28)19-6-3-7-20(24)13-19/h2-7,12-13H,8-11,14-16H2,1H3. The van der Waals surface area contributed by atoms with Crippen molar-refractivity contribution in [3.8, 4) is 0 Å². The maximum Gasteiger partial charge on any atom is 0.253 e. The minimum atomic E-state index is -0.396. The summed E-state index contributed by atoms with van der Waals surface area (Å²) in [6, 6.07) is 14.1. The van der Waals surface area contributed by atoms with Crippen LogP contribution in [-0.2, 0) is 11.3 Å². The summed E-state index contributed by atoms with van der Waals surface area (Å²) < 4.78 is 13.4. The predicted octanol–water partition coefficient (Wildman–Crippen LogP) is 3.79. The van der Waals surface area contributed by atoms with Crippen LogP contribution < -0.4 is 0 Å². The number of halogens is 1. The summed E-state index contributed by atoms with van der Waals surface area (Å²) in [5.74, 6) is -0.325. The Labute approximate surface area is 164 Å². The van der Waals surface area contributed by atoms with E-state index in [9.17, 15) is 14.0 Å². The predicted molar refractivity (Wildman–Crippen MR) is 105 cm³/mol. The van der Waals surface area contributed by atoms with E-state index in [-0.39, 0.29) is 17.2 Å². The molecule has 0 atom stereocenters. The van der Waals surface area contributed by atoms with E-state index in [0.29, 0.717) is 31.6 Å². The van der Waals surface area contributed by atoms with Gasteiger partial charge in [-0.05, 0) is 43.5 Å². The van der Waals surface area contributed by atoms with Gasteiger partial charge in [-0.3, -0.25) is 9.59 Å².